The number of nitrogens with zero attached hydrogens (tertiary/aromatic N) is 2. The van der Waals surface area contributed by atoms with Gasteiger partial charge in [0.1, 0.15) is 12.4 Å². The minimum absolute atomic E-state index is 0.0161. The highest BCUT2D eigenvalue weighted by Gasteiger charge is 2.33. The number of ether oxygens (including phenoxy) is 1. The summed E-state index contributed by atoms with van der Waals surface area (Å²) >= 11 is 0. The molecule has 0 saturated heterocycles. The van der Waals surface area contributed by atoms with Crippen molar-refractivity contribution >= 4 is 0 Å². The molecule has 1 N–H and O–H groups in total. The average molecular weight is 286 g/mol. The molecule has 4 rings (SSSR count). The van der Waals surface area contributed by atoms with Crippen LogP contribution in [-0.4, -0.2) is 28.0 Å². The van der Waals surface area contributed by atoms with Crippen LogP contribution in [-0.2, 0) is 0 Å². The van der Waals surface area contributed by atoms with E-state index in [2.05, 4.69) is 10.1 Å². The van der Waals surface area contributed by atoms with Gasteiger partial charge in [0.15, 0.2) is 5.82 Å². The standard InChI is InChI=1S/C16H18N2O3/c19-13-7-3-1-6-11(13)16-17-15(18-21-16)12-9-20-14-8-4-2-5-10(12)14/h2,4-5,8,11-13,19H,1,3,6-7,9H2. The summed E-state index contributed by atoms with van der Waals surface area (Å²) in [5.41, 5.74) is 1.11. The van der Waals surface area contributed by atoms with Gasteiger partial charge in [0.05, 0.1) is 17.9 Å². The Kier molecular flexibility index (Phi) is 3.15. The summed E-state index contributed by atoms with van der Waals surface area (Å²) in [5, 5.41) is 14.2. The molecule has 5 nitrogen and oxygen atoms in total. The van der Waals surface area contributed by atoms with E-state index in [1.807, 2.05) is 24.3 Å². The van der Waals surface area contributed by atoms with Crippen molar-refractivity contribution in [3.05, 3.63) is 41.5 Å². The van der Waals surface area contributed by atoms with Crippen molar-refractivity contribution in [2.75, 3.05) is 6.61 Å². The highest BCUT2D eigenvalue weighted by molar-refractivity contribution is 5.42. The fraction of sp³-hybridized carbons (Fsp3) is 0.500. The van der Waals surface area contributed by atoms with E-state index >= 15 is 0 Å². The molecule has 0 radical (unpaired) electrons. The Labute approximate surface area is 122 Å². The lowest BCUT2D eigenvalue weighted by atomic mass is 9.86. The second-order valence-electron chi connectivity index (χ2n) is 5.85. The van der Waals surface area contributed by atoms with Crippen molar-refractivity contribution < 1.29 is 14.4 Å². The summed E-state index contributed by atoms with van der Waals surface area (Å²) in [4.78, 5) is 4.55. The lowest BCUT2D eigenvalue weighted by Crippen LogP contribution is -2.22. The van der Waals surface area contributed by atoms with Crippen LogP contribution in [0, 0.1) is 0 Å². The molecule has 3 unspecified atom stereocenters. The molecule has 2 aromatic rings. The summed E-state index contributed by atoms with van der Waals surface area (Å²) < 4.78 is 11.1. The fourth-order valence-electron chi connectivity index (χ4n) is 3.32. The summed E-state index contributed by atoms with van der Waals surface area (Å²) in [6.07, 6.45) is 3.55. The van der Waals surface area contributed by atoms with Crippen LogP contribution in [0.2, 0.25) is 0 Å². The molecule has 5 heteroatoms. The second kappa shape index (κ2) is 5.15. The lowest BCUT2D eigenvalue weighted by molar-refractivity contribution is 0.0908. The van der Waals surface area contributed by atoms with Gasteiger partial charge in [-0.1, -0.05) is 36.2 Å². The normalized spacial score (nSPS) is 28.1. The van der Waals surface area contributed by atoms with Gasteiger partial charge in [-0.25, -0.2) is 0 Å². The van der Waals surface area contributed by atoms with E-state index in [1.165, 1.54) is 0 Å². The van der Waals surface area contributed by atoms with Crippen LogP contribution in [0.15, 0.2) is 28.8 Å². The topological polar surface area (TPSA) is 68.4 Å². The van der Waals surface area contributed by atoms with Crippen molar-refractivity contribution in [1.29, 1.82) is 0 Å². The van der Waals surface area contributed by atoms with Crippen molar-refractivity contribution in [2.45, 2.75) is 43.6 Å². The van der Waals surface area contributed by atoms with E-state index in [0.29, 0.717) is 18.3 Å². The molecule has 21 heavy (non-hydrogen) atoms. The van der Waals surface area contributed by atoms with Crippen LogP contribution in [0.5, 0.6) is 5.75 Å². The zero-order valence-corrected chi connectivity index (χ0v) is 11.7. The van der Waals surface area contributed by atoms with Crippen molar-refractivity contribution in [1.82, 2.24) is 10.1 Å². The number of aromatic nitrogens is 2. The zero-order chi connectivity index (χ0) is 14.2. The van der Waals surface area contributed by atoms with Crippen molar-refractivity contribution in [3.63, 3.8) is 0 Å². The number of hydrogen-bond donors (Lipinski definition) is 1. The molecule has 0 spiro atoms. The lowest BCUT2D eigenvalue weighted by Gasteiger charge is -2.24. The van der Waals surface area contributed by atoms with E-state index in [9.17, 15) is 5.11 Å². The van der Waals surface area contributed by atoms with Crippen molar-refractivity contribution in [3.8, 4) is 5.75 Å². The summed E-state index contributed by atoms with van der Waals surface area (Å²) in [6, 6.07) is 7.95. The number of hydrogen-bond acceptors (Lipinski definition) is 5. The van der Waals surface area contributed by atoms with Gasteiger partial charge < -0.3 is 14.4 Å². The van der Waals surface area contributed by atoms with Gasteiger partial charge in [-0.2, -0.15) is 4.98 Å². The van der Waals surface area contributed by atoms with Gasteiger partial charge in [0.2, 0.25) is 5.89 Å². The van der Waals surface area contributed by atoms with Crippen LogP contribution < -0.4 is 4.74 Å². The molecule has 0 amide bonds. The zero-order valence-electron chi connectivity index (χ0n) is 11.7. The first-order chi connectivity index (χ1) is 10.3. The first-order valence-corrected chi connectivity index (χ1v) is 7.56. The monoisotopic (exact) mass is 286 g/mol. The first kappa shape index (κ1) is 12.8. The summed E-state index contributed by atoms with van der Waals surface area (Å²) in [6.45, 7) is 0.547. The van der Waals surface area contributed by atoms with Gasteiger partial charge in [0, 0.05) is 5.56 Å². The van der Waals surface area contributed by atoms with Crippen LogP contribution >= 0.6 is 0 Å². The third-order valence-corrected chi connectivity index (χ3v) is 4.52. The SMILES string of the molecule is OC1CCCCC1c1nc(C2COc3ccccc32)no1. The first-order valence-electron chi connectivity index (χ1n) is 7.56. The molecule has 110 valence electrons. The molecule has 1 aliphatic carbocycles. The number of aliphatic hydroxyl groups excluding tert-OH is 1. The number of fused-ring (bicyclic) bond motifs is 1. The molecule has 1 saturated carbocycles. The molecule has 2 heterocycles. The molecule has 1 fully saturated rings. The molecule has 1 aliphatic heterocycles. The minimum atomic E-state index is -0.362. The smallest absolute Gasteiger partial charge is 0.232 e. The quantitative estimate of drug-likeness (QED) is 0.919. The summed E-state index contributed by atoms with van der Waals surface area (Å²) in [7, 11) is 0. The Morgan fingerprint density at radius 3 is 2.90 bits per heavy atom. The number of para-hydroxylation sites is 1. The summed E-state index contributed by atoms with van der Waals surface area (Å²) in [5.74, 6) is 2.14. The minimum Gasteiger partial charge on any atom is -0.492 e. The highest BCUT2D eigenvalue weighted by atomic mass is 16.5. The molecular weight excluding hydrogens is 268 g/mol. The molecule has 0 bridgehead atoms. The Hall–Kier alpha value is -1.88. The molecule has 1 aromatic heterocycles. The number of aliphatic hydroxyl groups is 1. The third-order valence-electron chi connectivity index (χ3n) is 4.52. The Balaban J connectivity index is 1.61. The van der Waals surface area contributed by atoms with Crippen LogP contribution in [0.1, 0.15) is 54.8 Å². The maximum atomic E-state index is 10.1. The largest absolute Gasteiger partial charge is 0.492 e. The van der Waals surface area contributed by atoms with E-state index in [-0.39, 0.29) is 17.9 Å². The maximum Gasteiger partial charge on any atom is 0.232 e. The van der Waals surface area contributed by atoms with Crippen molar-refractivity contribution in [2.24, 2.45) is 0 Å². The Bertz CT molecular complexity index is 640. The number of benzene rings is 1. The van der Waals surface area contributed by atoms with Gasteiger partial charge in [0.25, 0.3) is 0 Å². The number of rotatable bonds is 2. The fourth-order valence-corrected chi connectivity index (χ4v) is 3.32. The Morgan fingerprint density at radius 2 is 2.00 bits per heavy atom. The predicted octanol–water partition coefficient (Wildman–Crippen LogP) is 2.61. The molecule has 3 atom stereocenters. The van der Waals surface area contributed by atoms with Gasteiger partial charge in [-0.3, -0.25) is 0 Å². The third kappa shape index (κ3) is 2.21. The highest BCUT2D eigenvalue weighted by Crippen LogP contribution is 2.38. The van der Waals surface area contributed by atoms with E-state index in [1.54, 1.807) is 0 Å². The second-order valence-corrected chi connectivity index (χ2v) is 5.85. The van der Waals surface area contributed by atoms with E-state index < -0.39 is 0 Å². The predicted molar refractivity (Wildman–Crippen MR) is 75.3 cm³/mol. The molecule has 2 aliphatic rings. The maximum absolute atomic E-state index is 10.1. The van der Waals surface area contributed by atoms with E-state index in [0.717, 1.165) is 37.0 Å². The van der Waals surface area contributed by atoms with E-state index in [4.69, 9.17) is 9.26 Å². The Morgan fingerprint density at radius 1 is 1.14 bits per heavy atom. The van der Waals surface area contributed by atoms with Crippen LogP contribution in [0.25, 0.3) is 0 Å². The van der Waals surface area contributed by atoms with Gasteiger partial charge >= 0.3 is 0 Å². The average Bonchev–Trinajstić information content (AvgIpc) is 3.14. The van der Waals surface area contributed by atoms with Crippen LogP contribution in [0.4, 0.5) is 0 Å². The van der Waals surface area contributed by atoms with Gasteiger partial charge in [-0.15, -0.1) is 0 Å². The van der Waals surface area contributed by atoms with Crippen LogP contribution in [0.3, 0.4) is 0 Å². The van der Waals surface area contributed by atoms with Gasteiger partial charge in [-0.05, 0) is 18.9 Å². The molecular formula is C16H18N2O3. The molecule has 1 aromatic carbocycles.